The SMILES string of the molecule is Cn1cc(CNC(=O)Nc2cccnc2C(=O)O)cn1. The fourth-order valence-corrected chi connectivity index (χ4v) is 1.59. The molecule has 0 fully saturated rings. The van der Waals surface area contributed by atoms with Crippen molar-refractivity contribution < 1.29 is 14.7 Å². The van der Waals surface area contributed by atoms with Gasteiger partial charge in [0.25, 0.3) is 0 Å². The number of aryl methyl sites for hydroxylation is 1. The Morgan fingerprint density at radius 2 is 2.25 bits per heavy atom. The number of nitrogens with zero attached hydrogens (tertiary/aromatic N) is 3. The van der Waals surface area contributed by atoms with Crippen molar-refractivity contribution in [3.63, 3.8) is 0 Å². The molecule has 0 unspecified atom stereocenters. The number of carboxylic acid groups (broad SMARTS) is 1. The summed E-state index contributed by atoms with van der Waals surface area (Å²) in [4.78, 5) is 26.3. The summed E-state index contributed by atoms with van der Waals surface area (Å²) < 4.78 is 1.62. The van der Waals surface area contributed by atoms with Gasteiger partial charge in [0, 0.05) is 31.5 Å². The predicted octanol–water partition coefficient (Wildman–Crippen LogP) is 0.835. The number of carbonyl (C=O) groups is 2. The minimum Gasteiger partial charge on any atom is -0.476 e. The van der Waals surface area contributed by atoms with Crippen molar-refractivity contribution >= 4 is 17.7 Å². The lowest BCUT2D eigenvalue weighted by atomic mass is 10.3. The third-order valence-corrected chi connectivity index (χ3v) is 2.47. The summed E-state index contributed by atoms with van der Waals surface area (Å²) in [5, 5.41) is 18.0. The molecular formula is C12H13N5O3. The Labute approximate surface area is 114 Å². The zero-order valence-electron chi connectivity index (χ0n) is 10.7. The molecule has 104 valence electrons. The predicted molar refractivity (Wildman–Crippen MR) is 70.3 cm³/mol. The van der Waals surface area contributed by atoms with Gasteiger partial charge in [-0.15, -0.1) is 0 Å². The molecule has 2 amide bonds. The second-order valence-electron chi connectivity index (χ2n) is 4.03. The standard InChI is InChI=1S/C12H13N5O3/c1-17-7-8(6-15-17)5-14-12(20)16-9-3-2-4-13-10(9)11(18)19/h2-4,6-7H,5H2,1H3,(H,18,19)(H2,14,16,20). The fourth-order valence-electron chi connectivity index (χ4n) is 1.59. The Kier molecular flexibility index (Phi) is 3.94. The molecule has 0 aliphatic rings. The molecule has 0 bridgehead atoms. The van der Waals surface area contributed by atoms with Gasteiger partial charge in [0.2, 0.25) is 0 Å². The Balaban J connectivity index is 1.96. The first-order valence-electron chi connectivity index (χ1n) is 5.77. The van der Waals surface area contributed by atoms with Gasteiger partial charge in [0.05, 0.1) is 11.9 Å². The molecule has 0 atom stereocenters. The van der Waals surface area contributed by atoms with Crippen LogP contribution < -0.4 is 10.6 Å². The van der Waals surface area contributed by atoms with Crippen molar-refractivity contribution in [2.45, 2.75) is 6.54 Å². The highest BCUT2D eigenvalue weighted by molar-refractivity contribution is 5.98. The summed E-state index contributed by atoms with van der Waals surface area (Å²) in [5.41, 5.74) is 0.778. The highest BCUT2D eigenvalue weighted by Gasteiger charge is 2.13. The van der Waals surface area contributed by atoms with Gasteiger partial charge in [-0.25, -0.2) is 14.6 Å². The molecule has 0 aliphatic carbocycles. The van der Waals surface area contributed by atoms with E-state index in [1.54, 1.807) is 30.2 Å². The van der Waals surface area contributed by atoms with Crippen molar-refractivity contribution in [3.8, 4) is 0 Å². The number of anilines is 1. The second kappa shape index (κ2) is 5.83. The second-order valence-corrected chi connectivity index (χ2v) is 4.03. The van der Waals surface area contributed by atoms with Gasteiger partial charge in [0.1, 0.15) is 0 Å². The van der Waals surface area contributed by atoms with Crippen molar-refractivity contribution in [2.24, 2.45) is 7.05 Å². The number of pyridine rings is 1. The van der Waals surface area contributed by atoms with E-state index in [2.05, 4.69) is 20.7 Å². The molecular weight excluding hydrogens is 262 g/mol. The van der Waals surface area contributed by atoms with Gasteiger partial charge in [-0.2, -0.15) is 5.10 Å². The molecule has 2 heterocycles. The molecule has 3 N–H and O–H groups in total. The summed E-state index contributed by atoms with van der Waals surface area (Å²) in [7, 11) is 1.78. The van der Waals surface area contributed by atoms with Gasteiger partial charge in [-0.05, 0) is 12.1 Å². The molecule has 20 heavy (non-hydrogen) atoms. The Bertz CT molecular complexity index is 638. The van der Waals surface area contributed by atoms with Crippen LogP contribution in [0.4, 0.5) is 10.5 Å². The molecule has 0 saturated carbocycles. The number of aromatic carboxylic acids is 1. The molecule has 0 aromatic carbocycles. The number of aromatic nitrogens is 3. The van der Waals surface area contributed by atoms with E-state index in [0.717, 1.165) is 5.56 Å². The lowest BCUT2D eigenvalue weighted by Crippen LogP contribution is -2.29. The molecule has 2 aromatic heterocycles. The van der Waals surface area contributed by atoms with E-state index < -0.39 is 12.0 Å². The highest BCUT2D eigenvalue weighted by Crippen LogP contribution is 2.11. The van der Waals surface area contributed by atoms with Crippen molar-refractivity contribution in [2.75, 3.05) is 5.32 Å². The van der Waals surface area contributed by atoms with Gasteiger partial charge >= 0.3 is 12.0 Å². The van der Waals surface area contributed by atoms with Crippen LogP contribution in [0.5, 0.6) is 0 Å². The van der Waals surface area contributed by atoms with Crippen molar-refractivity contribution in [1.82, 2.24) is 20.1 Å². The van der Waals surface area contributed by atoms with Gasteiger partial charge in [-0.1, -0.05) is 0 Å². The van der Waals surface area contributed by atoms with E-state index in [1.165, 1.54) is 12.3 Å². The van der Waals surface area contributed by atoms with Gasteiger partial charge < -0.3 is 15.7 Å². The number of rotatable bonds is 4. The smallest absolute Gasteiger partial charge is 0.356 e. The monoisotopic (exact) mass is 275 g/mol. The largest absolute Gasteiger partial charge is 0.476 e. The van der Waals surface area contributed by atoms with E-state index in [4.69, 9.17) is 5.11 Å². The average molecular weight is 275 g/mol. The molecule has 0 aliphatic heterocycles. The Hall–Kier alpha value is -2.90. The van der Waals surface area contributed by atoms with Crippen LogP contribution in [0, 0.1) is 0 Å². The first-order valence-corrected chi connectivity index (χ1v) is 5.77. The lowest BCUT2D eigenvalue weighted by molar-refractivity contribution is 0.0691. The molecule has 0 spiro atoms. The minimum absolute atomic E-state index is 0.142. The quantitative estimate of drug-likeness (QED) is 0.765. The van der Waals surface area contributed by atoms with E-state index in [-0.39, 0.29) is 11.4 Å². The normalized spacial score (nSPS) is 10.1. The van der Waals surface area contributed by atoms with Gasteiger partial charge in [0.15, 0.2) is 5.69 Å². The van der Waals surface area contributed by atoms with E-state index >= 15 is 0 Å². The maximum absolute atomic E-state index is 11.7. The van der Waals surface area contributed by atoms with E-state index in [1.807, 2.05) is 0 Å². The maximum atomic E-state index is 11.7. The van der Waals surface area contributed by atoms with Crippen LogP contribution in [-0.4, -0.2) is 31.9 Å². The summed E-state index contributed by atoms with van der Waals surface area (Å²) in [5.74, 6) is -1.20. The Morgan fingerprint density at radius 1 is 1.45 bits per heavy atom. The van der Waals surface area contributed by atoms with Crippen molar-refractivity contribution in [1.29, 1.82) is 0 Å². The lowest BCUT2D eigenvalue weighted by Gasteiger charge is -2.08. The maximum Gasteiger partial charge on any atom is 0.356 e. The number of hydrogen-bond acceptors (Lipinski definition) is 4. The topological polar surface area (TPSA) is 109 Å². The van der Waals surface area contributed by atoms with Crippen LogP contribution in [0.3, 0.4) is 0 Å². The third kappa shape index (κ3) is 3.31. The van der Waals surface area contributed by atoms with Crippen LogP contribution in [0.15, 0.2) is 30.7 Å². The first kappa shape index (κ1) is 13.5. The minimum atomic E-state index is -1.20. The molecule has 0 radical (unpaired) electrons. The number of carboxylic acids is 1. The summed E-state index contributed by atoms with van der Waals surface area (Å²) in [6, 6.07) is 2.51. The Morgan fingerprint density at radius 3 is 2.90 bits per heavy atom. The summed E-state index contributed by atoms with van der Waals surface area (Å²) >= 11 is 0. The van der Waals surface area contributed by atoms with Crippen LogP contribution in [-0.2, 0) is 13.6 Å². The molecule has 8 heteroatoms. The number of amides is 2. The number of nitrogens with one attached hydrogen (secondary N) is 2. The molecule has 8 nitrogen and oxygen atoms in total. The first-order chi connectivity index (χ1) is 9.56. The summed E-state index contributed by atoms with van der Waals surface area (Å²) in [6.45, 7) is 0.294. The average Bonchev–Trinajstić information content (AvgIpc) is 2.83. The molecule has 0 saturated heterocycles. The van der Waals surface area contributed by atoms with Gasteiger partial charge in [-0.3, -0.25) is 4.68 Å². The number of carbonyl (C=O) groups excluding carboxylic acids is 1. The van der Waals surface area contributed by atoms with Crippen LogP contribution in [0.2, 0.25) is 0 Å². The molecule has 2 aromatic rings. The zero-order chi connectivity index (χ0) is 14.5. The number of hydrogen-bond donors (Lipinski definition) is 3. The highest BCUT2D eigenvalue weighted by atomic mass is 16.4. The van der Waals surface area contributed by atoms with Crippen LogP contribution in [0.1, 0.15) is 16.1 Å². The van der Waals surface area contributed by atoms with Crippen LogP contribution in [0.25, 0.3) is 0 Å². The summed E-state index contributed by atoms with van der Waals surface area (Å²) in [6.07, 6.45) is 4.75. The van der Waals surface area contributed by atoms with Crippen molar-refractivity contribution in [3.05, 3.63) is 42.0 Å². The van der Waals surface area contributed by atoms with Crippen LogP contribution >= 0.6 is 0 Å². The molecule has 2 rings (SSSR count). The van der Waals surface area contributed by atoms with E-state index in [0.29, 0.717) is 6.54 Å². The fraction of sp³-hybridized carbons (Fsp3) is 0.167. The third-order valence-electron chi connectivity index (χ3n) is 2.47. The van der Waals surface area contributed by atoms with E-state index in [9.17, 15) is 9.59 Å². The number of urea groups is 1. The zero-order valence-corrected chi connectivity index (χ0v) is 10.7.